The van der Waals surface area contributed by atoms with Gasteiger partial charge in [0.2, 0.25) is 5.91 Å². The van der Waals surface area contributed by atoms with Gasteiger partial charge >= 0.3 is 0 Å². The lowest BCUT2D eigenvalue weighted by Gasteiger charge is -2.28. The summed E-state index contributed by atoms with van der Waals surface area (Å²) >= 11 is 0. The van der Waals surface area contributed by atoms with Gasteiger partial charge in [-0.1, -0.05) is 58.0 Å². The summed E-state index contributed by atoms with van der Waals surface area (Å²) < 4.78 is 0. The van der Waals surface area contributed by atoms with Crippen LogP contribution in [0.3, 0.4) is 0 Å². The van der Waals surface area contributed by atoms with E-state index in [0.29, 0.717) is 18.4 Å². The Morgan fingerprint density at radius 3 is 2.30 bits per heavy atom. The standard InChI is InChI=1S/C17H26N2O.C2H6.HI/c1-4-11-18(3)16-13-19(17(20)5-2)12-15(16)14-9-7-6-8-10-14;1-2;/h6-10,15-16H,4-5,11-13H2,1-3H3;1-2H3;1H/t15-,16+;;/m1../s1. The summed E-state index contributed by atoms with van der Waals surface area (Å²) in [4.78, 5) is 16.5. The molecule has 1 aliphatic heterocycles. The molecule has 1 aliphatic rings. The topological polar surface area (TPSA) is 23.6 Å². The van der Waals surface area contributed by atoms with Crippen molar-refractivity contribution in [3.63, 3.8) is 0 Å². The molecule has 132 valence electrons. The van der Waals surface area contributed by atoms with Crippen molar-refractivity contribution in [2.45, 2.75) is 52.5 Å². The summed E-state index contributed by atoms with van der Waals surface area (Å²) in [6.45, 7) is 11.0. The minimum absolute atomic E-state index is 0. The Labute approximate surface area is 159 Å². The van der Waals surface area contributed by atoms with Crippen LogP contribution in [0.1, 0.15) is 52.0 Å². The third kappa shape index (κ3) is 6.07. The molecule has 0 aromatic heterocycles. The average Bonchev–Trinajstić information content (AvgIpc) is 3.02. The van der Waals surface area contributed by atoms with E-state index in [4.69, 9.17) is 0 Å². The highest BCUT2D eigenvalue weighted by Gasteiger charge is 2.37. The molecule has 1 saturated heterocycles. The number of halogens is 1. The van der Waals surface area contributed by atoms with E-state index in [2.05, 4.69) is 49.2 Å². The molecule has 0 N–H and O–H groups in total. The first-order chi connectivity index (χ1) is 10.7. The van der Waals surface area contributed by atoms with E-state index in [1.165, 1.54) is 5.56 Å². The first-order valence-corrected chi connectivity index (χ1v) is 8.70. The number of likely N-dealkylation sites (N-methyl/N-ethyl adjacent to an activating group) is 1. The van der Waals surface area contributed by atoms with Gasteiger partial charge in [-0.2, -0.15) is 0 Å². The first kappa shape index (κ1) is 22.4. The van der Waals surface area contributed by atoms with Gasteiger partial charge in [0.05, 0.1) is 0 Å². The minimum Gasteiger partial charge on any atom is -0.340 e. The summed E-state index contributed by atoms with van der Waals surface area (Å²) in [5.74, 6) is 0.710. The van der Waals surface area contributed by atoms with Crippen molar-refractivity contribution >= 4 is 29.9 Å². The van der Waals surface area contributed by atoms with Gasteiger partial charge in [-0.15, -0.1) is 24.0 Å². The van der Waals surface area contributed by atoms with Gasteiger partial charge in [0.25, 0.3) is 0 Å². The Kier molecular flexibility index (Phi) is 11.5. The quantitative estimate of drug-likeness (QED) is 0.645. The third-order valence-corrected chi connectivity index (χ3v) is 4.31. The predicted molar refractivity (Wildman–Crippen MR) is 110 cm³/mol. The molecule has 2 rings (SSSR count). The molecule has 0 spiro atoms. The first-order valence-electron chi connectivity index (χ1n) is 8.70. The molecule has 0 aliphatic carbocycles. The molecule has 0 bridgehead atoms. The lowest BCUT2D eigenvalue weighted by Crippen LogP contribution is -2.38. The van der Waals surface area contributed by atoms with Crippen molar-refractivity contribution in [3.05, 3.63) is 35.9 Å². The van der Waals surface area contributed by atoms with Crippen LogP contribution in [0, 0.1) is 0 Å². The van der Waals surface area contributed by atoms with Crippen LogP contribution < -0.4 is 0 Å². The van der Waals surface area contributed by atoms with Crippen LogP contribution >= 0.6 is 24.0 Å². The van der Waals surface area contributed by atoms with E-state index in [1.807, 2.05) is 25.7 Å². The number of carbonyl (C=O) groups is 1. The van der Waals surface area contributed by atoms with Crippen molar-refractivity contribution in [2.75, 3.05) is 26.7 Å². The van der Waals surface area contributed by atoms with Gasteiger partial charge in [0.15, 0.2) is 0 Å². The van der Waals surface area contributed by atoms with Crippen molar-refractivity contribution in [2.24, 2.45) is 0 Å². The SMILES string of the molecule is CC.CCCN(C)[C@H]1CN(C(=O)CC)C[C@@H]1c1ccccc1.I. The van der Waals surface area contributed by atoms with E-state index in [1.54, 1.807) is 0 Å². The van der Waals surface area contributed by atoms with Crippen molar-refractivity contribution in [1.29, 1.82) is 0 Å². The van der Waals surface area contributed by atoms with E-state index < -0.39 is 0 Å². The summed E-state index contributed by atoms with van der Waals surface area (Å²) in [5.41, 5.74) is 1.35. The maximum absolute atomic E-state index is 12.0. The molecule has 4 heteroatoms. The van der Waals surface area contributed by atoms with Gasteiger partial charge in [-0.05, 0) is 25.6 Å². The van der Waals surface area contributed by atoms with Crippen molar-refractivity contribution in [3.8, 4) is 0 Å². The zero-order valence-electron chi connectivity index (χ0n) is 15.3. The predicted octanol–water partition coefficient (Wildman–Crippen LogP) is 4.38. The molecular formula is C19H33IN2O. The molecule has 0 saturated carbocycles. The highest BCUT2D eigenvalue weighted by atomic mass is 127. The van der Waals surface area contributed by atoms with Crippen LogP contribution in [0.15, 0.2) is 30.3 Å². The molecule has 3 nitrogen and oxygen atoms in total. The van der Waals surface area contributed by atoms with Crippen LogP contribution in [-0.2, 0) is 4.79 Å². The molecule has 2 atom stereocenters. The number of likely N-dealkylation sites (tertiary alicyclic amines) is 1. The van der Waals surface area contributed by atoms with Gasteiger partial charge in [-0.25, -0.2) is 0 Å². The van der Waals surface area contributed by atoms with Crippen LogP contribution in [-0.4, -0.2) is 48.4 Å². The van der Waals surface area contributed by atoms with Crippen LogP contribution in [0.25, 0.3) is 0 Å². The molecule has 0 radical (unpaired) electrons. The minimum atomic E-state index is 0. The number of nitrogens with zero attached hydrogens (tertiary/aromatic N) is 2. The summed E-state index contributed by atoms with van der Waals surface area (Å²) in [5, 5.41) is 0. The highest BCUT2D eigenvalue weighted by molar-refractivity contribution is 14.0. The lowest BCUT2D eigenvalue weighted by atomic mass is 9.93. The number of hydrogen-bond acceptors (Lipinski definition) is 2. The van der Waals surface area contributed by atoms with Gasteiger partial charge in [0, 0.05) is 31.5 Å². The Balaban J connectivity index is 0.00000155. The van der Waals surface area contributed by atoms with E-state index >= 15 is 0 Å². The number of hydrogen-bond donors (Lipinski definition) is 0. The number of carbonyl (C=O) groups excluding carboxylic acids is 1. The van der Waals surface area contributed by atoms with E-state index in [9.17, 15) is 4.79 Å². The van der Waals surface area contributed by atoms with Crippen molar-refractivity contribution in [1.82, 2.24) is 9.80 Å². The lowest BCUT2D eigenvalue weighted by molar-refractivity contribution is -0.130. The molecule has 0 unspecified atom stereocenters. The monoisotopic (exact) mass is 432 g/mol. The fraction of sp³-hybridized carbons (Fsp3) is 0.632. The second kappa shape index (κ2) is 11.8. The summed E-state index contributed by atoms with van der Waals surface area (Å²) in [6, 6.07) is 11.1. The highest BCUT2D eigenvalue weighted by Crippen LogP contribution is 2.31. The molecule has 1 aromatic carbocycles. The number of rotatable bonds is 5. The summed E-state index contributed by atoms with van der Waals surface area (Å²) in [7, 11) is 2.18. The van der Waals surface area contributed by atoms with Crippen LogP contribution in [0.4, 0.5) is 0 Å². The molecule has 1 heterocycles. The van der Waals surface area contributed by atoms with Gasteiger partial charge in [0.1, 0.15) is 0 Å². The average molecular weight is 432 g/mol. The van der Waals surface area contributed by atoms with E-state index in [0.717, 1.165) is 26.1 Å². The fourth-order valence-electron chi connectivity index (χ4n) is 3.21. The Morgan fingerprint density at radius 1 is 1.17 bits per heavy atom. The number of amides is 1. The third-order valence-electron chi connectivity index (χ3n) is 4.31. The van der Waals surface area contributed by atoms with Gasteiger partial charge in [-0.3, -0.25) is 4.79 Å². The zero-order chi connectivity index (χ0) is 16.5. The van der Waals surface area contributed by atoms with Crippen LogP contribution in [0.5, 0.6) is 0 Å². The molecule has 1 fully saturated rings. The largest absolute Gasteiger partial charge is 0.340 e. The van der Waals surface area contributed by atoms with Gasteiger partial charge < -0.3 is 9.80 Å². The maximum Gasteiger partial charge on any atom is 0.222 e. The second-order valence-electron chi connectivity index (χ2n) is 5.72. The molecule has 1 aromatic rings. The summed E-state index contributed by atoms with van der Waals surface area (Å²) in [6.07, 6.45) is 1.75. The molecule has 23 heavy (non-hydrogen) atoms. The maximum atomic E-state index is 12.0. The zero-order valence-corrected chi connectivity index (χ0v) is 17.6. The smallest absolute Gasteiger partial charge is 0.222 e. The fourth-order valence-corrected chi connectivity index (χ4v) is 3.21. The molecule has 1 amide bonds. The second-order valence-corrected chi connectivity index (χ2v) is 5.72. The normalized spacial score (nSPS) is 19.8. The van der Waals surface area contributed by atoms with Crippen molar-refractivity contribution < 1.29 is 4.79 Å². The Bertz CT molecular complexity index is 438. The Morgan fingerprint density at radius 2 is 1.78 bits per heavy atom. The molecular weight excluding hydrogens is 399 g/mol. The van der Waals surface area contributed by atoms with Crippen LogP contribution in [0.2, 0.25) is 0 Å². The Hall–Kier alpha value is -0.620. The van der Waals surface area contributed by atoms with E-state index in [-0.39, 0.29) is 29.9 Å². The number of benzene rings is 1.